The van der Waals surface area contributed by atoms with Gasteiger partial charge < -0.3 is 15.0 Å². The zero-order chi connectivity index (χ0) is 25.5. The van der Waals surface area contributed by atoms with Crippen molar-refractivity contribution >= 4 is 23.4 Å². The fourth-order valence-corrected chi connectivity index (χ4v) is 4.23. The average Bonchev–Trinajstić information content (AvgIpc) is 2.87. The summed E-state index contributed by atoms with van der Waals surface area (Å²) in [6.07, 6.45) is 5.03. The summed E-state index contributed by atoms with van der Waals surface area (Å²) in [7, 11) is 0. The van der Waals surface area contributed by atoms with Gasteiger partial charge in [-0.3, -0.25) is 14.9 Å². The van der Waals surface area contributed by atoms with Crippen molar-refractivity contribution in [2.75, 3.05) is 31.1 Å². The van der Waals surface area contributed by atoms with Crippen molar-refractivity contribution in [1.29, 1.82) is 0 Å². The van der Waals surface area contributed by atoms with Crippen molar-refractivity contribution in [3.63, 3.8) is 0 Å². The zero-order valence-corrected chi connectivity index (χ0v) is 21.2. The highest BCUT2D eigenvalue weighted by Gasteiger charge is 2.24. The van der Waals surface area contributed by atoms with Crippen LogP contribution >= 0.6 is 11.6 Å². The highest BCUT2D eigenvalue weighted by molar-refractivity contribution is 6.31. The fourth-order valence-electron chi connectivity index (χ4n) is 4.00. The minimum absolute atomic E-state index is 0.184. The number of hydrogen-bond acceptors (Lipinski definition) is 8. The maximum absolute atomic E-state index is 13.9. The molecule has 0 unspecified atom stereocenters. The lowest BCUT2D eigenvalue weighted by Crippen LogP contribution is -2.46. The molecule has 4 rings (SSSR count). The fraction of sp³-hybridized carbons (Fsp3) is 0.385. The Morgan fingerprint density at radius 3 is 2.50 bits per heavy atom. The van der Waals surface area contributed by atoms with Crippen molar-refractivity contribution in [3.8, 4) is 0 Å². The number of anilines is 1. The summed E-state index contributed by atoms with van der Waals surface area (Å²) in [5.74, 6) is -0.0141. The lowest BCUT2D eigenvalue weighted by Gasteiger charge is -2.35. The topological polar surface area (TPSA) is 83.5 Å². The lowest BCUT2D eigenvalue weighted by atomic mass is 10.2. The molecule has 1 N–H and O–H groups in total. The molecule has 0 spiro atoms. The van der Waals surface area contributed by atoms with Gasteiger partial charge in [0.15, 0.2) is 0 Å². The SMILES string of the molecule is CC(C)OC(=O)c1cccnc1N1CCN(Cc2cnc(CNCc3c(F)cccc3Cl)cn2)CC1. The van der Waals surface area contributed by atoms with Crippen LogP contribution in [0.3, 0.4) is 0 Å². The summed E-state index contributed by atoms with van der Waals surface area (Å²) < 4.78 is 19.3. The molecule has 1 fully saturated rings. The second-order valence-corrected chi connectivity index (χ2v) is 9.30. The summed E-state index contributed by atoms with van der Waals surface area (Å²) in [4.78, 5) is 30.4. The van der Waals surface area contributed by atoms with Crippen LogP contribution in [0.25, 0.3) is 0 Å². The molecule has 1 aromatic carbocycles. The quantitative estimate of drug-likeness (QED) is 0.433. The van der Waals surface area contributed by atoms with Crippen LogP contribution in [-0.4, -0.2) is 58.1 Å². The van der Waals surface area contributed by atoms with E-state index in [-0.39, 0.29) is 17.9 Å². The van der Waals surface area contributed by atoms with E-state index in [0.717, 1.165) is 37.6 Å². The monoisotopic (exact) mass is 512 g/mol. The van der Waals surface area contributed by atoms with Crippen molar-refractivity contribution < 1.29 is 13.9 Å². The molecule has 3 aromatic rings. The molecule has 1 aliphatic heterocycles. The molecular weight excluding hydrogens is 483 g/mol. The van der Waals surface area contributed by atoms with Gasteiger partial charge in [0.05, 0.1) is 29.9 Å². The van der Waals surface area contributed by atoms with Crippen molar-refractivity contribution in [3.05, 3.63) is 82.3 Å². The number of carbonyl (C=O) groups excluding carboxylic acids is 1. The van der Waals surface area contributed by atoms with Crippen molar-refractivity contribution in [1.82, 2.24) is 25.2 Å². The maximum atomic E-state index is 13.9. The Morgan fingerprint density at radius 1 is 1.06 bits per heavy atom. The first-order valence-electron chi connectivity index (χ1n) is 12.0. The van der Waals surface area contributed by atoms with Gasteiger partial charge >= 0.3 is 5.97 Å². The third-order valence-electron chi connectivity index (χ3n) is 5.84. The summed E-state index contributed by atoms with van der Waals surface area (Å²) in [6.45, 7) is 8.23. The average molecular weight is 513 g/mol. The second kappa shape index (κ2) is 12.2. The molecule has 2 aromatic heterocycles. The third-order valence-corrected chi connectivity index (χ3v) is 6.19. The van der Waals surface area contributed by atoms with Gasteiger partial charge in [-0.15, -0.1) is 0 Å². The van der Waals surface area contributed by atoms with Gasteiger partial charge in [0, 0.05) is 62.6 Å². The smallest absolute Gasteiger partial charge is 0.342 e. The molecule has 1 aliphatic rings. The summed E-state index contributed by atoms with van der Waals surface area (Å²) in [6, 6.07) is 8.17. The molecule has 3 heterocycles. The standard InChI is InChI=1S/C26H30ClFN6O2/c1-18(2)36-26(35)21-5-4-8-30-25(21)34-11-9-33(10-12-34)17-20-15-31-19(14-32-20)13-29-16-22-23(27)6-3-7-24(22)28/h3-8,14-15,18,29H,9-13,16-17H2,1-2H3. The number of nitrogens with one attached hydrogen (secondary N) is 1. The van der Waals surface area contributed by atoms with Gasteiger partial charge in [-0.1, -0.05) is 17.7 Å². The second-order valence-electron chi connectivity index (χ2n) is 8.89. The highest BCUT2D eigenvalue weighted by Crippen LogP contribution is 2.21. The molecule has 0 radical (unpaired) electrons. The Balaban J connectivity index is 1.26. The first-order valence-corrected chi connectivity index (χ1v) is 12.3. The van der Waals surface area contributed by atoms with E-state index in [9.17, 15) is 9.18 Å². The number of hydrogen-bond donors (Lipinski definition) is 1. The summed E-state index contributed by atoms with van der Waals surface area (Å²) >= 11 is 6.07. The van der Waals surface area contributed by atoms with Crippen LogP contribution in [0.15, 0.2) is 48.9 Å². The van der Waals surface area contributed by atoms with E-state index in [1.165, 1.54) is 6.07 Å². The number of pyridine rings is 1. The number of benzene rings is 1. The Morgan fingerprint density at radius 2 is 1.81 bits per heavy atom. The minimum Gasteiger partial charge on any atom is -0.459 e. The van der Waals surface area contributed by atoms with E-state index in [2.05, 4.69) is 30.1 Å². The highest BCUT2D eigenvalue weighted by atomic mass is 35.5. The minimum atomic E-state index is -0.350. The van der Waals surface area contributed by atoms with E-state index >= 15 is 0 Å². The van der Waals surface area contributed by atoms with E-state index in [1.807, 2.05) is 13.8 Å². The zero-order valence-electron chi connectivity index (χ0n) is 20.5. The van der Waals surface area contributed by atoms with Crippen LogP contribution in [0.2, 0.25) is 5.02 Å². The Kier molecular flexibility index (Phi) is 8.79. The molecule has 0 bridgehead atoms. The van der Waals surface area contributed by atoms with E-state index in [4.69, 9.17) is 16.3 Å². The predicted octanol–water partition coefficient (Wildman–Crippen LogP) is 3.84. The summed E-state index contributed by atoms with van der Waals surface area (Å²) in [5, 5.41) is 3.56. The molecule has 0 aliphatic carbocycles. The van der Waals surface area contributed by atoms with Gasteiger partial charge in [-0.25, -0.2) is 14.2 Å². The summed E-state index contributed by atoms with van der Waals surface area (Å²) in [5.41, 5.74) is 2.58. The molecule has 190 valence electrons. The Hall–Kier alpha value is -3.14. The number of halogens is 2. The van der Waals surface area contributed by atoms with Crippen LogP contribution < -0.4 is 10.2 Å². The van der Waals surface area contributed by atoms with E-state index in [1.54, 1.807) is 42.9 Å². The number of piperazine rings is 1. The van der Waals surface area contributed by atoms with Gasteiger partial charge in [-0.2, -0.15) is 0 Å². The van der Waals surface area contributed by atoms with Crippen LogP contribution in [0.4, 0.5) is 10.2 Å². The van der Waals surface area contributed by atoms with Crippen LogP contribution in [0.1, 0.15) is 41.2 Å². The van der Waals surface area contributed by atoms with Crippen molar-refractivity contribution in [2.24, 2.45) is 0 Å². The number of rotatable bonds is 9. The number of ether oxygens (including phenoxy) is 1. The maximum Gasteiger partial charge on any atom is 0.342 e. The van der Waals surface area contributed by atoms with E-state index in [0.29, 0.717) is 41.6 Å². The molecule has 0 atom stereocenters. The normalized spacial score (nSPS) is 14.3. The Bertz CT molecular complexity index is 1150. The molecule has 0 saturated carbocycles. The first-order chi connectivity index (χ1) is 17.4. The first kappa shape index (κ1) is 25.9. The molecule has 36 heavy (non-hydrogen) atoms. The van der Waals surface area contributed by atoms with Crippen LogP contribution in [0.5, 0.6) is 0 Å². The molecule has 1 saturated heterocycles. The molecular formula is C26H30ClFN6O2. The number of carbonyl (C=O) groups is 1. The number of aromatic nitrogens is 3. The molecule has 10 heteroatoms. The van der Waals surface area contributed by atoms with Crippen LogP contribution in [0, 0.1) is 5.82 Å². The third kappa shape index (κ3) is 6.75. The number of nitrogens with zero attached hydrogens (tertiary/aromatic N) is 5. The van der Waals surface area contributed by atoms with Crippen LogP contribution in [-0.2, 0) is 24.4 Å². The van der Waals surface area contributed by atoms with Gasteiger partial charge in [-0.05, 0) is 38.1 Å². The molecule has 8 nitrogen and oxygen atoms in total. The van der Waals surface area contributed by atoms with Gasteiger partial charge in [0.1, 0.15) is 17.2 Å². The predicted molar refractivity (Wildman–Crippen MR) is 136 cm³/mol. The van der Waals surface area contributed by atoms with Gasteiger partial charge in [0.25, 0.3) is 0 Å². The largest absolute Gasteiger partial charge is 0.459 e. The number of esters is 1. The Labute approximate surface area is 215 Å². The van der Waals surface area contributed by atoms with Crippen molar-refractivity contribution in [2.45, 2.75) is 39.6 Å². The molecule has 0 amide bonds. The van der Waals surface area contributed by atoms with E-state index < -0.39 is 0 Å². The lowest BCUT2D eigenvalue weighted by molar-refractivity contribution is 0.0378. The van der Waals surface area contributed by atoms with Gasteiger partial charge in [0.2, 0.25) is 0 Å².